The lowest BCUT2D eigenvalue weighted by atomic mass is 10.1. The van der Waals surface area contributed by atoms with Crippen LogP contribution in [0.4, 0.5) is 11.4 Å². The van der Waals surface area contributed by atoms with Crippen LogP contribution < -0.4 is 21.9 Å². The Balaban J connectivity index is 0.00000210. The lowest BCUT2D eigenvalue weighted by molar-refractivity contribution is -0.754. The minimum Gasteiger partial charge on any atom is -1.00 e. The van der Waals surface area contributed by atoms with E-state index in [9.17, 15) is 0 Å². The van der Waals surface area contributed by atoms with Crippen molar-refractivity contribution in [3.8, 4) is 0 Å². The van der Waals surface area contributed by atoms with Gasteiger partial charge in [-0.25, -0.2) is 0 Å². The quantitative estimate of drug-likeness (QED) is 0.622. The van der Waals surface area contributed by atoms with E-state index in [4.69, 9.17) is 0 Å². The summed E-state index contributed by atoms with van der Waals surface area (Å²) >= 11 is 1.84. The second-order valence-electron chi connectivity index (χ2n) is 6.42. The van der Waals surface area contributed by atoms with Crippen molar-refractivity contribution in [2.45, 2.75) is 11.8 Å². The highest BCUT2D eigenvalue weighted by atomic mass is 79.9. The molecule has 0 spiro atoms. The fraction of sp³-hybridized carbons (Fsp3) is 0.0870. The van der Waals surface area contributed by atoms with Crippen LogP contribution in [0.5, 0.6) is 0 Å². The minimum atomic E-state index is 0. The van der Waals surface area contributed by atoms with E-state index >= 15 is 0 Å². The Morgan fingerprint density at radius 3 is 2.52 bits per heavy atom. The van der Waals surface area contributed by atoms with Crippen LogP contribution in [0.3, 0.4) is 0 Å². The molecule has 1 aliphatic heterocycles. The normalized spacial score (nSPS) is 17.7. The second-order valence-corrected chi connectivity index (χ2v) is 7.50. The van der Waals surface area contributed by atoms with Crippen molar-refractivity contribution in [1.29, 1.82) is 0 Å². The maximum atomic E-state index is 4.46. The molecule has 0 saturated heterocycles. The van der Waals surface area contributed by atoms with Crippen LogP contribution in [0.2, 0.25) is 0 Å². The highest BCUT2D eigenvalue weighted by Gasteiger charge is 2.29. The molecule has 1 N–H and O–H groups in total. The van der Waals surface area contributed by atoms with E-state index in [1.807, 2.05) is 36.2 Å². The summed E-state index contributed by atoms with van der Waals surface area (Å²) in [5.41, 5.74) is 3.60. The molecule has 2 nitrogen and oxygen atoms in total. The zero-order valence-electron chi connectivity index (χ0n) is 15.3. The number of nitrogens with one attached hydrogen (secondary N) is 1. The van der Waals surface area contributed by atoms with E-state index in [0.717, 1.165) is 5.69 Å². The second kappa shape index (κ2) is 8.70. The first kappa shape index (κ1) is 19.6. The van der Waals surface area contributed by atoms with Gasteiger partial charge in [-0.1, -0.05) is 48.0 Å². The standard InChI is InChI=1S/C23H20N2S.BrH/c1-17-10-13-19(14-11-17)24-16-6-5-9-22-25(2)23-20-8-4-3-7-18(20)12-15-21(23)26-22;/h3-16H,1-2H3;1H/b6-5+,22-9+,24-16?;. The zero-order chi connectivity index (χ0) is 17.9. The highest BCUT2D eigenvalue weighted by molar-refractivity contribution is 8.03. The third-order valence-corrected chi connectivity index (χ3v) is 5.78. The molecule has 27 heavy (non-hydrogen) atoms. The summed E-state index contributed by atoms with van der Waals surface area (Å²) in [6.45, 7) is 2.08. The van der Waals surface area contributed by atoms with Gasteiger partial charge in [0.1, 0.15) is 0 Å². The van der Waals surface area contributed by atoms with Gasteiger partial charge in [-0.3, -0.25) is 9.89 Å². The zero-order valence-corrected chi connectivity index (χ0v) is 17.7. The van der Waals surface area contributed by atoms with Gasteiger partial charge in [0.15, 0.2) is 10.7 Å². The predicted molar refractivity (Wildman–Crippen MR) is 113 cm³/mol. The van der Waals surface area contributed by atoms with Gasteiger partial charge in [0, 0.05) is 17.7 Å². The Morgan fingerprint density at radius 1 is 0.926 bits per heavy atom. The predicted octanol–water partition coefficient (Wildman–Crippen LogP) is 2.20. The van der Waals surface area contributed by atoms with Crippen molar-refractivity contribution in [2.24, 2.45) is 4.99 Å². The van der Waals surface area contributed by atoms with E-state index in [1.165, 1.54) is 36.8 Å². The van der Waals surface area contributed by atoms with Gasteiger partial charge >= 0.3 is 0 Å². The highest BCUT2D eigenvalue weighted by Crippen LogP contribution is 2.39. The maximum Gasteiger partial charge on any atom is 0.175 e. The fourth-order valence-electron chi connectivity index (χ4n) is 3.15. The first-order chi connectivity index (χ1) is 12.7. The molecule has 1 unspecified atom stereocenters. The van der Waals surface area contributed by atoms with Crippen molar-refractivity contribution in [2.75, 3.05) is 7.05 Å². The summed E-state index contributed by atoms with van der Waals surface area (Å²) in [5.74, 6) is 0. The smallest absolute Gasteiger partial charge is 0.175 e. The molecule has 0 radical (unpaired) electrons. The third kappa shape index (κ3) is 4.24. The van der Waals surface area contributed by atoms with E-state index in [0.29, 0.717) is 0 Å². The van der Waals surface area contributed by atoms with Crippen molar-refractivity contribution in [3.05, 3.63) is 89.5 Å². The molecule has 3 aromatic rings. The molecule has 1 atom stereocenters. The number of halogens is 1. The van der Waals surface area contributed by atoms with Gasteiger partial charge in [-0.05, 0) is 54.4 Å². The topological polar surface area (TPSA) is 16.8 Å². The van der Waals surface area contributed by atoms with Crippen LogP contribution in [0, 0.1) is 6.92 Å². The number of aryl methyl sites for hydroxylation is 1. The third-order valence-electron chi connectivity index (χ3n) is 4.56. The summed E-state index contributed by atoms with van der Waals surface area (Å²) < 4.78 is 0. The Labute approximate surface area is 175 Å². The largest absolute Gasteiger partial charge is 1.00 e. The Kier molecular flexibility index (Phi) is 6.32. The van der Waals surface area contributed by atoms with Crippen LogP contribution >= 0.6 is 11.8 Å². The average Bonchev–Trinajstić information content (AvgIpc) is 2.99. The molecular weight excluding hydrogens is 416 g/mol. The Bertz CT molecular complexity index is 1040. The van der Waals surface area contributed by atoms with Gasteiger partial charge in [0.2, 0.25) is 0 Å². The maximum absolute atomic E-state index is 4.46. The van der Waals surface area contributed by atoms with Crippen molar-refractivity contribution in [1.82, 2.24) is 0 Å². The molecule has 1 aliphatic rings. The molecule has 0 aromatic heterocycles. The van der Waals surface area contributed by atoms with Gasteiger partial charge < -0.3 is 17.0 Å². The van der Waals surface area contributed by atoms with Crippen molar-refractivity contribution in [3.63, 3.8) is 0 Å². The van der Waals surface area contributed by atoms with Crippen LogP contribution in [-0.4, -0.2) is 13.3 Å². The number of rotatable bonds is 3. The van der Waals surface area contributed by atoms with Gasteiger partial charge in [-0.15, -0.1) is 0 Å². The molecule has 4 heteroatoms. The number of hydrogen-bond donors (Lipinski definition) is 1. The average molecular weight is 437 g/mol. The summed E-state index contributed by atoms with van der Waals surface area (Å²) in [5, 5.41) is 3.94. The van der Waals surface area contributed by atoms with Crippen LogP contribution in [-0.2, 0) is 0 Å². The number of aliphatic imine (C=N–C) groups is 1. The molecule has 0 amide bonds. The molecular formula is C23H21BrN2S. The molecule has 1 heterocycles. The number of thioether (sulfide) groups is 1. The number of fused-ring (bicyclic) bond motifs is 3. The molecule has 0 saturated carbocycles. The van der Waals surface area contributed by atoms with Gasteiger partial charge in [0.05, 0.1) is 17.6 Å². The first-order valence-corrected chi connectivity index (χ1v) is 9.55. The first-order valence-electron chi connectivity index (χ1n) is 8.74. The number of nitrogens with zero attached hydrogens (tertiary/aromatic N) is 1. The number of hydrogen-bond acceptors (Lipinski definition) is 2. The van der Waals surface area contributed by atoms with Gasteiger partial charge in [0.25, 0.3) is 0 Å². The molecule has 0 fully saturated rings. The minimum absolute atomic E-state index is 0. The Morgan fingerprint density at radius 2 is 1.70 bits per heavy atom. The number of allylic oxidation sites excluding steroid dienone is 3. The monoisotopic (exact) mass is 436 g/mol. The number of quaternary nitrogens is 1. The fourth-order valence-corrected chi connectivity index (χ4v) is 4.29. The van der Waals surface area contributed by atoms with Crippen molar-refractivity contribution < 1.29 is 21.9 Å². The van der Waals surface area contributed by atoms with E-state index in [1.54, 1.807) is 0 Å². The molecule has 3 aromatic carbocycles. The van der Waals surface area contributed by atoms with Crippen LogP contribution in [0.15, 0.2) is 93.8 Å². The molecule has 0 bridgehead atoms. The molecule has 0 aliphatic carbocycles. The summed E-state index contributed by atoms with van der Waals surface area (Å²) in [6.07, 6.45) is 8.08. The van der Waals surface area contributed by atoms with Crippen molar-refractivity contribution >= 4 is 40.1 Å². The summed E-state index contributed by atoms with van der Waals surface area (Å²) in [6, 6.07) is 21.3. The number of benzene rings is 3. The van der Waals surface area contributed by atoms with Crippen LogP contribution in [0.1, 0.15) is 5.56 Å². The summed E-state index contributed by atoms with van der Waals surface area (Å²) in [7, 11) is 2.21. The Hall–Kier alpha value is -2.14. The lowest BCUT2D eigenvalue weighted by Gasteiger charge is -2.09. The molecule has 136 valence electrons. The van der Waals surface area contributed by atoms with E-state index in [-0.39, 0.29) is 17.0 Å². The van der Waals surface area contributed by atoms with E-state index in [2.05, 4.69) is 79.6 Å². The SMILES string of the molecule is Cc1ccc(N=C/C=C/C=C2/Sc3ccc4ccccc4c3[NH+]2C)cc1.[Br-]. The van der Waals surface area contributed by atoms with E-state index < -0.39 is 0 Å². The molecule has 4 rings (SSSR count). The summed E-state index contributed by atoms with van der Waals surface area (Å²) in [4.78, 5) is 7.15. The van der Waals surface area contributed by atoms with Gasteiger partial charge in [-0.2, -0.15) is 0 Å². The van der Waals surface area contributed by atoms with Crippen LogP contribution in [0.25, 0.3) is 10.8 Å². The lowest BCUT2D eigenvalue weighted by Crippen LogP contribution is -3.00.